The van der Waals surface area contributed by atoms with Crippen LogP contribution in [0.2, 0.25) is 15.1 Å². The van der Waals surface area contributed by atoms with Crippen molar-refractivity contribution in [1.82, 2.24) is 4.98 Å². The molecule has 2 heterocycles. The standard InChI is InChI=1S/C16H8Cl3N3O3S2/c17-8-2-1-3-9(4-8)21-15(23)13-5-12(22(24)25)16(26-13)27-14-10(18)6-20-7-11(14)19/h1-7H,(H,21,23). The summed E-state index contributed by atoms with van der Waals surface area (Å²) in [5.41, 5.74) is 0.281. The summed E-state index contributed by atoms with van der Waals surface area (Å²) in [6, 6.07) is 7.81. The van der Waals surface area contributed by atoms with Gasteiger partial charge in [-0.25, -0.2) is 0 Å². The molecule has 0 saturated carbocycles. The largest absolute Gasteiger partial charge is 0.321 e. The summed E-state index contributed by atoms with van der Waals surface area (Å²) in [4.78, 5) is 27.7. The van der Waals surface area contributed by atoms with Crippen LogP contribution in [0.25, 0.3) is 0 Å². The van der Waals surface area contributed by atoms with Crippen molar-refractivity contribution < 1.29 is 9.72 Å². The molecule has 1 aromatic carbocycles. The Balaban J connectivity index is 1.91. The molecule has 1 N–H and O–H groups in total. The van der Waals surface area contributed by atoms with Crippen LogP contribution in [0.5, 0.6) is 0 Å². The van der Waals surface area contributed by atoms with Crippen molar-refractivity contribution in [3.63, 3.8) is 0 Å². The first kappa shape index (κ1) is 19.9. The highest BCUT2D eigenvalue weighted by Crippen LogP contribution is 2.45. The van der Waals surface area contributed by atoms with Gasteiger partial charge in [-0.1, -0.05) is 52.6 Å². The Kier molecular flexibility index (Phi) is 6.23. The van der Waals surface area contributed by atoms with Crippen molar-refractivity contribution in [3.8, 4) is 0 Å². The topological polar surface area (TPSA) is 85.1 Å². The molecule has 0 unspecified atom stereocenters. The van der Waals surface area contributed by atoms with Gasteiger partial charge in [0.15, 0.2) is 0 Å². The van der Waals surface area contributed by atoms with Crippen molar-refractivity contribution in [2.75, 3.05) is 5.32 Å². The average molecular weight is 461 g/mol. The Morgan fingerprint density at radius 2 is 1.89 bits per heavy atom. The molecule has 1 amide bonds. The number of rotatable bonds is 5. The van der Waals surface area contributed by atoms with E-state index in [1.807, 2.05) is 0 Å². The molecular formula is C16H8Cl3N3O3S2. The van der Waals surface area contributed by atoms with Gasteiger partial charge < -0.3 is 5.32 Å². The van der Waals surface area contributed by atoms with E-state index in [1.54, 1.807) is 24.3 Å². The molecule has 0 atom stereocenters. The summed E-state index contributed by atoms with van der Waals surface area (Å²) in [7, 11) is 0. The molecule has 0 bridgehead atoms. The molecule has 0 aliphatic carbocycles. The minimum absolute atomic E-state index is 0.172. The molecule has 0 aliphatic heterocycles. The number of anilines is 1. The molecule has 2 aromatic heterocycles. The molecule has 3 rings (SSSR count). The number of hydrogen-bond acceptors (Lipinski definition) is 6. The summed E-state index contributed by atoms with van der Waals surface area (Å²) in [6.07, 6.45) is 2.78. The fourth-order valence-electron chi connectivity index (χ4n) is 2.03. The van der Waals surface area contributed by atoms with E-state index in [4.69, 9.17) is 34.8 Å². The van der Waals surface area contributed by atoms with Crippen LogP contribution in [0.4, 0.5) is 11.4 Å². The number of aromatic nitrogens is 1. The Morgan fingerprint density at radius 3 is 2.52 bits per heavy atom. The molecule has 3 aromatic rings. The lowest BCUT2D eigenvalue weighted by Gasteiger charge is -2.04. The van der Waals surface area contributed by atoms with Gasteiger partial charge in [-0.2, -0.15) is 0 Å². The van der Waals surface area contributed by atoms with E-state index in [-0.39, 0.29) is 24.8 Å². The zero-order chi connectivity index (χ0) is 19.6. The fraction of sp³-hybridized carbons (Fsp3) is 0. The van der Waals surface area contributed by atoms with Crippen molar-refractivity contribution in [1.29, 1.82) is 0 Å². The van der Waals surface area contributed by atoms with Gasteiger partial charge in [-0.15, -0.1) is 11.3 Å². The summed E-state index contributed by atoms with van der Waals surface area (Å²) >= 11 is 20.0. The van der Waals surface area contributed by atoms with Crippen LogP contribution in [0.1, 0.15) is 9.67 Å². The van der Waals surface area contributed by atoms with Gasteiger partial charge in [0, 0.05) is 29.2 Å². The molecule has 0 aliphatic rings. The van der Waals surface area contributed by atoms with Gasteiger partial charge in [-0.05, 0) is 18.2 Å². The second-order valence-corrected chi connectivity index (χ2v) is 8.62. The van der Waals surface area contributed by atoms with Crippen molar-refractivity contribution >= 4 is 75.2 Å². The first-order chi connectivity index (χ1) is 12.8. The Labute approximate surface area is 176 Å². The van der Waals surface area contributed by atoms with E-state index in [0.29, 0.717) is 15.6 Å². The third-order valence-electron chi connectivity index (χ3n) is 3.19. The zero-order valence-electron chi connectivity index (χ0n) is 13.1. The van der Waals surface area contributed by atoms with Crippen LogP contribution in [0.15, 0.2) is 51.8 Å². The van der Waals surface area contributed by atoms with E-state index >= 15 is 0 Å². The first-order valence-electron chi connectivity index (χ1n) is 7.17. The highest BCUT2D eigenvalue weighted by molar-refractivity contribution is 8.01. The van der Waals surface area contributed by atoms with Crippen LogP contribution in [-0.2, 0) is 0 Å². The number of nitrogens with zero attached hydrogens (tertiary/aromatic N) is 2. The number of amides is 1. The van der Waals surface area contributed by atoms with Gasteiger partial charge in [0.1, 0.15) is 9.09 Å². The van der Waals surface area contributed by atoms with E-state index in [2.05, 4.69) is 10.3 Å². The highest BCUT2D eigenvalue weighted by Gasteiger charge is 2.25. The predicted molar refractivity (Wildman–Crippen MR) is 109 cm³/mol. The summed E-state index contributed by atoms with van der Waals surface area (Å²) in [6.45, 7) is 0. The summed E-state index contributed by atoms with van der Waals surface area (Å²) < 4.78 is 0.284. The minimum Gasteiger partial charge on any atom is -0.321 e. The molecular weight excluding hydrogens is 453 g/mol. The molecule has 27 heavy (non-hydrogen) atoms. The predicted octanol–water partition coefficient (Wildman–Crippen LogP) is 6.42. The van der Waals surface area contributed by atoms with Gasteiger partial charge >= 0.3 is 0 Å². The van der Waals surface area contributed by atoms with Crippen LogP contribution >= 0.6 is 57.9 Å². The summed E-state index contributed by atoms with van der Waals surface area (Å²) in [5, 5.41) is 15.0. The average Bonchev–Trinajstić information content (AvgIpc) is 3.03. The lowest BCUT2D eigenvalue weighted by Crippen LogP contribution is -2.09. The normalized spacial score (nSPS) is 10.6. The van der Waals surface area contributed by atoms with Gasteiger partial charge in [0.25, 0.3) is 11.6 Å². The number of nitro groups is 1. The molecule has 0 fully saturated rings. The maximum atomic E-state index is 12.5. The van der Waals surface area contributed by atoms with Crippen molar-refractivity contribution in [2.45, 2.75) is 9.10 Å². The second kappa shape index (κ2) is 8.45. The van der Waals surface area contributed by atoms with Gasteiger partial charge in [-0.3, -0.25) is 19.9 Å². The maximum absolute atomic E-state index is 12.5. The minimum atomic E-state index is -0.558. The number of thiophene rings is 1. The van der Waals surface area contributed by atoms with E-state index < -0.39 is 10.8 Å². The fourth-order valence-corrected chi connectivity index (χ4v) is 4.97. The molecule has 0 saturated heterocycles. The van der Waals surface area contributed by atoms with E-state index in [1.165, 1.54) is 18.5 Å². The molecule has 6 nitrogen and oxygen atoms in total. The Morgan fingerprint density at radius 1 is 1.19 bits per heavy atom. The van der Waals surface area contributed by atoms with Crippen LogP contribution in [0.3, 0.4) is 0 Å². The molecule has 138 valence electrons. The number of benzene rings is 1. The maximum Gasteiger partial charge on any atom is 0.294 e. The first-order valence-corrected chi connectivity index (χ1v) is 9.94. The zero-order valence-corrected chi connectivity index (χ0v) is 17.0. The Hall–Kier alpha value is -1.84. The van der Waals surface area contributed by atoms with Crippen LogP contribution < -0.4 is 5.32 Å². The van der Waals surface area contributed by atoms with E-state index in [9.17, 15) is 14.9 Å². The van der Waals surface area contributed by atoms with Gasteiger partial charge in [0.2, 0.25) is 0 Å². The van der Waals surface area contributed by atoms with Crippen LogP contribution in [0, 0.1) is 10.1 Å². The Bertz CT molecular complexity index is 1020. The number of pyridine rings is 1. The highest BCUT2D eigenvalue weighted by atomic mass is 35.5. The van der Waals surface area contributed by atoms with Crippen molar-refractivity contribution in [3.05, 3.63) is 72.8 Å². The smallest absolute Gasteiger partial charge is 0.294 e. The lowest BCUT2D eigenvalue weighted by molar-refractivity contribution is -0.387. The summed E-state index contributed by atoms with van der Waals surface area (Å²) in [5.74, 6) is -0.482. The number of hydrogen-bond donors (Lipinski definition) is 1. The second-order valence-electron chi connectivity index (χ2n) is 5.04. The third kappa shape index (κ3) is 4.72. The van der Waals surface area contributed by atoms with E-state index in [0.717, 1.165) is 23.1 Å². The monoisotopic (exact) mass is 459 g/mol. The van der Waals surface area contributed by atoms with Crippen molar-refractivity contribution in [2.24, 2.45) is 0 Å². The van der Waals surface area contributed by atoms with Crippen LogP contribution in [-0.4, -0.2) is 15.8 Å². The molecule has 0 radical (unpaired) electrons. The van der Waals surface area contributed by atoms with Gasteiger partial charge in [0.05, 0.1) is 19.9 Å². The number of nitrogens with one attached hydrogen (secondary N) is 1. The molecule has 0 spiro atoms. The molecule has 11 heteroatoms. The number of halogens is 3. The third-order valence-corrected chi connectivity index (χ3v) is 6.68. The number of carbonyl (C=O) groups is 1. The quantitative estimate of drug-likeness (QED) is 0.351. The lowest BCUT2D eigenvalue weighted by atomic mass is 10.3. The SMILES string of the molecule is O=C(Nc1cccc(Cl)c1)c1cc([N+](=O)[O-])c(Sc2c(Cl)cncc2Cl)s1. The number of carbonyl (C=O) groups excluding carboxylic acids is 1.